The molecule has 0 radical (unpaired) electrons. The van der Waals surface area contributed by atoms with Crippen LogP contribution in [-0.4, -0.2) is 12.6 Å². The van der Waals surface area contributed by atoms with Crippen LogP contribution in [0.5, 0.6) is 11.5 Å². The van der Waals surface area contributed by atoms with Gasteiger partial charge in [0.05, 0.1) is 6.07 Å². The highest BCUT2D eigenvalue weighted by Crippen LogP contribution is 2.34. The summed E-state index contributed by atoms with van der Waals surface area (Å²) in [5.74, 6) is 0.113. The van der Waals surface area contributed by atoms with Crippen LogP contribution in [-0.2, 0) is 0 Å². The zero-order valence-electron chi connectivity index (χ0n) is 11.5. The van der Waals surface area contributed by atoms with E-state index in [-0.39, 0.29) is 12.6 Å². The highest BCUT2D eigenvalue weighted by atomic mass is 16.7. The molecule has 0 fully saturated rings. The molecule has 21 heavy (non-hydrogen) atoms. The van der Waals surface area contributed by atoms with E-state index in [2.05, 4.69) is 6.07 Å². The minimum atomic E-state index is -0.814. The minimum absolute atomic E-state index is 0.159. The second-order valence-corrected chi connectivity index (χ2v) is 4.91. The van der Waals surface area contributed by atoms with Crippen molar-refractivity contribution in [3.8, 4) is 17.6 Å². The maximum absolute atomic E-state index is 12.5. The molecule has 0 aromatic heterocycles. The number of benzene rings is 2. The molecule has 1 atom stereocenters. The lowest BCUT2D eigenvalue weighted by atomic mass is 9.91. The molecule has 104 valence electrons. The number of fused-ring (bicyclic) bond motifs is 1. The first-order valence-corrected chi connectivity index (χ1v) is 6.59. The Morgan fingerprint density at radius 2 is 1.86 bits per heavy atom. The molecular weight excluding hydrogens is 266 g/mol. The molecule has 2 aromatic carbocycles. The van der Waals surface area contributed by atoms with Crippen LogP contribution in [0.15, 0.2) is 42.5 Å². The van der Waals surface area contributed by atoms with Gasteiger partial charge in [0.15, 0.2) is 17.3 Å². The third-order valence-corrected chi connectivity index (χ3v) is 3.46. The van der Waals surface area contributed by atoms with Gasteiger partial charge in [-0.3, -0.25) is 4.79 Å². The number of nitrogens with zero attached hydrogens (tertiary/aromatic N) is 1. The van der Waals surface area contributed by atoms with Gasteiger partial charge in [0.25, 0.3) is 0 Å². The number of nitriles is 1. The summed E-state index contributed by atoms with van der Waals surface area (Å²) >= 11 is 0. The summed E-state index contributed by atoms with van der Waals surface area (Å²) < 4.78 is 10.5. The molecule has 4 nitrogen and oxygen atoms in total. The van der Waals surface area contributed by atoms with Crippen molar-refractivity contribution < 1.29 is 14.3 Å². The van der Waals surface area contributed by atoms with Crippen LogP contribution in [0.2, 0.25) is 0 Å². The van der Waals surface area contributed by atoms with Crippen molar-refractivity contribution in [2.45, 2.75) is 12.8 Å². The molecule has 3 rings (SSSR count). The Kier molecular flexibility index (Phi) is 3.33. The molecule has 0 aliphatic carbocycles. The highest BCUT2D eigenvalue weighted by molar-refractivity contribution is 6.03. The number of hydrogen-bond donors (Lipinski definition) is 0. The van der Waals surface area contributed by atoms with Gasteiger partial charge in [-0.25, -0.2) is 0 Å². The van der Waals surface area contributed by atoms with E-state index in [0.29, 0.717) is 22.6 Å². The standard InChI is InChI=1S/C17H13NO3/c1-11-2-4-12(5-3-11)14(9-18)17(19)13-6-7-15-16(8-13)21-10-20-15/h2-8,14H,10H2,1H3. The van der Waals surface area contributed by atoms with Crippen molar-refractivity contribution >= 4 is 5.78 Å². The fraction of sp³-hybridized carbons (Fsp3) is 0.176. The Morgan fingerprint density at radius 3 is 2.57 bits per heavy atom. The SMILES string of the molecule is Cc1ccc(C(C#N)C(=O)c2ccc3c(c2)OCO3)cc1. The largest absolute Gasteiger partial charge is 0.454 e. The van der Waals surface area contributed by atoms with Gasteiger partial charge in [-0.1, -0.05) is 29.8 Å². The monoisotopic (exact) mass is 279 g/mol. The predicted molar refractivity (Wildman–Crippen MR) is 76.4 cm³/mol. The van der Waals surface area contributed by atoms with Gasteiger partial charge in [-0.05, 0) is 30.7 Å². The van der Waals surface area contributed by atoms with E-state index < -0.39 is 5.92 Å². The first-order valence-electron chi connectivity index (χ1n) is 6.59. The summed E-state index contributed by atoms with van der Waals surface area (Å²) in [5, 5.41) is 9.35. The van der Waals surface area contributed by atoms with Gasteiger partial charge in [0, 0.05) is 5.56 Å². The van der Waals surface area contributed by atoms with E-state index in [1.807, 2.05) is 31.2 Å². The second kappa shape index (κ2) is 5.29. The van der Waals surface area contributed by atoms with E-state index in [4.69, 9.17) is 9.47 Å². The van der Waals surface area contributed by atoms with Crippen LogP contribution in [0.4, 0.5) is 0 Å². The molecule has 0 N–H and O–H groups in total. The molecule has 1 aliphatic rings. The topological polar surface area (TPSA) is 59.3 Å². The zero-order chi connectivity index (χ0) is 14.8. The van der Waals surface area contributed by atoms with Crippen molar-refractivity contribution in [2.24, 2.45) is 0 Å². The molecule has 0 saturated heterocycles. The lowest BCUT2D eigenvalue weighted by Crippen LogP contribution is -2.11. The minimum Gasteiger partial charge on any atom is -0.454 e. The van der Waals surface area contributed by atoms with E-state index in [1.165, 1.54) is 0 Å². The summed E-state index contributed by atoms with van der Waals surface area (Å²) in [6.45, 7) is 2.12. The Balaban J connectivity index is 1.92. The molecule has 4 heteroatoms. The summed E-state index contributed by atoms with van der Waals surface area (Å²) in [7, 11) is 0. The van der Waals surface area contributed by atoms with Crippen LogP contribution < -0.4 is 9.47 Å². The van der Waals surface area contributed by atoms with Gasteiger partial charge in [-0.15, -0.1) is 0 Å². The number of ether oxygens (including phenoxy) is 2. The molecule has 1 heterocycles. The Hall–Kier alpha value is -2.80. The average Bonchev–Trinajstić information content (AvgIpc) is 2.97. The molecule has 0 spiro atoms. The Labute approximate surface area is 122 Å². The first-order chi connectivity index (χ1) is 10.2. The summed E-state index contributed by atoms with van der Waals surface area (Å²) in [6.07, 6.45) is 0. The quantitative estimate of drug-likeness (QED) is 0.809. The predicted octanol–water partition coefficient (Wildman–Crippen LogP) is 3.21. The van der Waals surface area contributed by atoms with Crippen LogP contribution in [0.1, 0.15) is 27.4 Å². The van der Waals surface area contributed by atoms with Gasteiger partial charge in [0.2, 0.25) is 6.79 Å². The number of carbonyl (C=O) groups excluding carboxylic acids is 1. The van der Waals surface area contributed by atoms with E-state index in [9.17, 15) is 10.1 Å². The van der Waals surface area contributed by atoms with Gasteiger partial charge in [-0.2, -0.15) is 5.26 Å². The number of rotatable bonds is 3. The van der Waals surface area contributed by atoms with Crippen molar-refractivity contribution in [1.29, 1.82) is 5.26 Å². The van der Waals surface area contributed by atoms with Crippen LogP contribution in [0.3, 0.4) is 0 Å². The second-order valence-electron chi connectivity index (χ2n) is 4.91. The normalized spacial score (nSPS) is 13.5. The maximum Gasteiger partial charge on any atom is 0.231 e. The fourth-order valence-corrected chi connectivity index (χ4v) is 2.26. The maximum atomic E-state index is 12.5. The van der Waals surface area contributed by atoms with Crippen molar-refractivity contribution in [3.63, 3.8) is 0 Å². The summed E-state index contributed by atoms with van der Waals surface area (Å²) in [5.41, 5.74) is 2.24. The fourth-order valence-electron chi connectivity index (χ4n) is 2.26. The number of hydrogen-bond acceptors (Lipinski definition) is 4. The Bertz CT molecular complexity index is 729. The number of aryl methyl sites for hydroxylation is 1. The lowest BCUT2D eigenvalue weighted by molar-refractivity contribution is 0.0978. The Morgan fingerprint density at radius 1 is 1.14 bits per heavy atom. The summed E-state index contributed by atoms with van der Waals surface area (Å²) in [6, 6.07) is 14.5. The van der Waals surface area contributed by atoms with Crippen LogP contribution >= 0.6 is 0 Å². The zero-order valence-corrected chi connectivity index (χ0v) is 11.5. The van der Waals surface area contributed by atoms with Crippen molar-refractivity contribution in [1.82, 2.24) is 0 Å². The average molecular weight is 279 g/mol. The summed E-state index contributed by atoms with van der Waals surface area (Å²) in [4.78, 5) is 12.5. The third kappa shape index (κ3) is 2.46. The number of Topliss-reactive ketones (excluding diaryl/α,β-unsaturated/α-hetero) is 1. The van der Waals surface area contributed by atoms with Crippen LogP contribution in [0, 0.1) is 18.3 Å². The lowest BCUT2D eigenvalue weighted by Gasteiger charge is -2.09. The molecule has 2 aromatic rings. The smallest absolute Gasteiger partial charge is 0.231 e. The van der Waals surface area contributed by atoms with Crippen molar-refractivity contribution in [3.05, 3.63) is 59.2 Å². The molecule has 0 saturated carbocycles. The first kappa shape index (κ1) is 13.2. The van der Waals surface area contributed by atoms with E-state index in [1.54, 1.807) is 18.2 Å². The van der Waals surface area contributed by atoms with E-state index >= 15 is 0 Å². The molecular formula is C17H13NO3. The number of ketones is 1. The highest BCUT2D eigenvalue weighted by Gasteiger charge is 2.24. The van der Waals surface area contributed by atoms with Gasteiger partial charge >= 0.3 is 0 Å². The van der Waals surface area contributed by atoms with E-state index in [0.717, 1.165) is 5.56 Å². The molecule has 0 bridgehead atoms. The third-order valence-electron chi connectivity index (χ3n) is 3.46. The molecule has 0 amide bonds. The number of carbonyl (C=O) groups is 1. The van der Waals surface area contributed by atoms with Crippen LogP contribution in [0.25, 0.3) is 0 Å². The van der Waals surface area contributed by atoms with Crippen molar-refractivity contribution in [2.75, 3.05) is 6.79 Å². The van der Waals surface area contributed by atoms with Gasteiger partial charge < -0.3 is 9.47 Å². The molecule has 1 unspecified atom stereocenters. The van der Waals surface area contributed by atoms with Gasteiger partial charge in [0.1, 0.15) is 5.92 Å². The molecule has 1 aliphatic heterocycles.